The third-order valence-electron chi connectivity index (χ3n) is 3.53. The topological polar surface area (TPSA) is 88.8 Å². The minimum atomic E-state index is -3.66. The first-order valence-electron chi connectivity index (χ1n) is 6.76. The van der Waals surface area contributed by atoms with Gasteiger partial charge in [0.1, 0.15) is 16.4 Å². The molecule has 1 saturated heterocycles. The van der Waals surface area contributed by atoms with Crippen LogP contribution >= 0.6 is 0 Å². The molecular formula is C13H21NO5S. The Hall–Kier alpha value is -0.890. The predicted octanol–water partition coefficient (Wildman–Crippen LogP) is 1.24. The van der Waals surface area contributed by atoms with Crippen molar-refractivity contribution in [3.8, 4) is 0 Å². The van der Waals surface area contributed by atoms with Crippen LogP contribution < -0.4 is 4.72 Å². The van der Waals surface area contributed by atoms with Crippen LogP contribution in [0.5, 0.6) is 0 Å². The van der Waals surface area contributed by atoms with Crippen LogP contribution in [0.2, 0.25) is 0 Å². The van der Waals surface area contributed by atoms with E-state index in [-0.39, 0.29) is 17.6 Å². The highest BCUT2D eigenvalue weighted by atomic mass is 32.2. The maximum Gasteiger partial charge on any atom is 0.244 e. The fourth-order valence-corrected chi connectivity index (χ4v) is 4.03. The summed E-state index contributed by atoms with van der Waals surface area (Å²) < 4.78 is 37.9. The van der Waals surface area contributed by atoms with Crippen LogP contribution in [-0.4, -0.2) is 32.8 Å². The van der Waals surface area contributed by atoms with Crippen LogP contribution in [0.1, 0.15) is 36.3 Å². The highest BCUT2D eigenvalue weighted by Crippen LogP contribution is 2.26. The van der Waals surface area contributed by atoms with E-state index < -0.39 is 10.0 Å². The second-order valence-corrected chi connectivity index (χ2v) is 6.71. The third-order valence-corrected chi connectivity index (χ3v) is 5.19. The Morgan fingerprint density at radius 3 is 2.70 bits per heavy atom. The van der Waals surface area contributed by atoms with Gasteiger partial charge in [0.05, 0.1) is 12.7 Å². The van der Waals surface area contributed by atoms with E-state index in [0.717, 1.165) is 19.4 Å². The SMILES string of the molecule is Cc1oc(C)c(S(=O)(=O)NCCC2CCCO2)c1CO. The van der Waals surface area contributed by atoms with Gasteiger partial charge in [0, 0.05) is 18.7 Å². The fraction of sp³-hybridized carbons (Fsp3) is 0.692. The summed E-state index contributed by atoms with van der Waals surface area (Å²) in [5, 5.41) is 9.30. The van der Waals surface area contributed by atoms with E-state index in [2.05, 4.69) is 4.72 Å². The van der Waals surface area contributed by atoms with E-state index >= 15 is 0 Å². The van der Waals surface area contributed by atoms with Crippen LogP contribution in [0.15, 0.2) is 9.31 Å². The number of rotatable bonds is 6. The van der Waals surface area contributed by atoms with Crippen molar-refractivity contribution in [2.24, 2.45) is 0 Å². The van der Waals surface area contributed by atoms with Gasteiger partial charge in [-0.25, -0.2) is 13.1 Å². The standard InChI is InChI=1S/C13H21NO5S/c1-9-12(8-15)13(10(2)19-9)20(16,17)14-6-5-11-4-3-7-18-11/h11,14-15H,3-8H2,1-2H3. The van der Waals surface area contributed by atoms with Gasteiger partial charge in [0.15, 0.2) is 0 Å². The van der Waals surface area contributed by atoms with Gasteiger partial charge in [0.25, 0.3) is 0 Å². The zero-order valence-electron chi connectivity index (χ0n) is 11.8. The molecule has 1 aliphatic heterocycles. The van der Waals surface area contributed by atoms with Crippen LogP contribution in [0.3, 0.4) is 0 Å². The van der Waals surface area contributed by atoms with Gasteiger partial charge in [-0.2, -0.15) is 0 Å². The summed E-state index contributed by atoms with van der Waals surface area (Å²) in [4.78, 5) is 0.0600. The Kier molecular flexibility index (Phi) is 4.85. The minimum absolute atomic E-state index is 0.0600. The maximum absolute atomic E-state index is 12.3. The van der Waals surface area contributed by atoms with Crippen molar-refractivity contribution in [1.29, 1.82) is 0 Å². The molecule has 0 spiro atoms. The molecule has 2 N–H and O–H groups in total. The third kappa shape index (κ3) is 3.22. The lowest BCUT2D eigenvalue weighted by molar-refractivity contribution is 0.105. The van der Waals surface area contributed by atoms with E-state index in [1.807, 2.05) is 0 Å². The van der Waals surface area contributed by atoms with Gasteiger partial charge < -0.3 is 14.3 Å². The van der Waals surface area contributed by atoms with Crippen molar-refractivity contribution in [1.82, 2.24) is 4.72 Å². The first-order chi connectivity index (χ1) is 9.45. The monoisotopic (exact) mass is 303 g/mol. The number of furan rings is 1. The molecule has 1 aliphatic rings. The summed E-state index contributed by atoms with van der Waals surface area (Å²) in [7, 11) is -3.66. The van der Waals surface area contributed by atoms with Crippen LogP contribution in [0.4, 0.5) is 0 Å². The van der Waals surface area contributed by atoms with E-state index in [0.29, 0.717) is 30.0 Å². The number of sulfonamides is 1. The number of aliphatic hydroxyl groups excluding tert-OH is 1. The summed E-state index contributed by atoms with van der Waals surface area (Å²) in [6.07, 6.45) is 2.81. The Labute approximate surface area is 119 Å². The number of ether oxygens (including phenoxy) is 1. The van der Waals surface area contributed by atoms with Crippen molar-refractivity contribution in [2.45, 2.75) is 50.7 Å². The molecular weight excluding hydrogens is 282 g/mol. The number of aryl methyl sites for hydroxylation is 2. The maximum atomic E-state index is 12.3. The quantitative estimate of drug-likeness (QED) is 0.825. The molecule has 0 aliphatic carbocycles. The lowest BCUT2D eigenvalue weighted by Crippen LogP contribution is -2.28. The van der Waals surface area contributed by atoms with Crippen LogP contribution in [0.25, 0.3) is 0 Å². The smallest absolute Gasteiger partial charge is 0.244 e. The molecule has 20 heavy (non-hydrogen) atoms. The lowest BCUT2D eigenvalue weighted by atomic mass is 10.2. The largest absolute Gasteiger partial charge is 0.465 e. The number of aliphatic hydroxyl groups is 1. The van der Waals surface area contributed by atoms with Crippen molar-refractivity contribution in [3.63, 3.8) is 0 Å². The van der Waals surface area contributed by atoms with Crippen molar-refractivity contribution < 1.29 is 22.7 Å². The Morgan fingerprint density at radius 2 is 2.10 bits per heavy atom. The predicted molar refractivity (Wildman–Crippen MR) is 72.9 cm³/mol. The fourth-order valence-electron chi connectivity index (χ4n) is 2.54. The van der Waals surface area contributed by atoms with Gasteiger partial charge in [-0.05, 0) is 33.1 Å². The van der Waals surface area contributed by atoms with Gasteiger partial charge in [-0.3, -0.25) is 0 Å². The lowest BCUT2D eigenvalue weighted by Gasteiger charge is -2.11. The summed E-state index contributed by atoms with van der Waals surface area (Å²) in [6.45, 7) is 3.95. The molecule has 0 saturated carbocycles. The molecule has 1 unspecified atom stereocenters. The highest BCUT2D eigenvalue weighted by Gasteiger charge is 2.26. The van der Waals surface area contributed by atoms with Gasteiger partial charge >= 0.3 is 0 Å². The van der Waals surface area contributed by atoms with E-state index in [4.69, 9.17) is 9.15 Å². The van der Waals surface area contributed by atoms with Crippen LogP contribution in [0, 0.1) is 13.8 Å². The molecule has 0 aromatic carbocycles. The molecule has 2 heterocycles. The van der Waals surface area contributed by atoms with Gasteiger partial charge in [-0.1, -0.05) is 0 Å². The second kappa shape index (κ2) is 6.26. The zero-order chi connectivity index (χ0) is 14.8. The first-order valence-corrected chi connectivity index (χ1v) is 8.25. The Bertz CT molecular complexity index is 558. The molecule has 1 atom stereocenters. The van der Waals surface area contributed by atoms with Crippen molar-refractivity contribution in [2.75, 3.05) is 13.2 Å². The van der Waals surface area contributed by atoms with Gasteiger partial charge in [-0.15, -0.1) is 0 Å². The van der Waals surface area contributed by atoms with Gasteiger partial charge in [0.2, 0.25) is 10.0 Å². The molecule has 2 rings (SSSR count). The Morgan fingerprint density at radius 1 is 1.35 bits per heavy atom. The highest BCUT2D eigenvalue weighted by molar-refractivity contribution is 7.89. The molecule has 0 amide bonds. The van der Waals surface area contributed by atoms with E-state index in [1.54, 1.807) is 13.8 Å². The van der Waals surface area contributed by atoms with Crippen molar-refractivity contribution in [3.05, 3.63) is 17.1 Å². The zero-order valence-corrected chi connectivity index (χ0v) is 12.6. The summed E-state index contributed by atoms with van der Waals surface area (Å²) >= 11 is 0. The normalized spacial score (nSPS) is 19.6. The van der Waals surface area contributed by atoms with E-state index in [9.17, 15) is 13.5 Å². The molecule has 1 aromatic heterocycles. The average molecular weight is 303 g/mol. The van der Waals surface area contributed by atoms with E-state index in [1.165, 1.54) is 0 Å². The van der Waals surface area contributed by atoms with Crippen molar-refractivity contribution >= 4 is 10.0 Å². The van der Waals surface area contributed by atoms with Crippen LogP contribution in [-0.2, 0) is 21.4 Å². The molecule has 1 fully saturated rings. The molecule has 6 nitrogen and oxygen atoms in total. The summed E-state index contributed by atoms with van der Waals surface area (Å²) in [5.41, 5.74) is 0.326. The number of hydrogen-bond acceptors (Lipinski definition) is 5. The Balaban J connectivity index is 2.06. The second-order valence-electron chi connectivity index (χ2n) is 5.00. The number of hydrogen-bond donors (Lipinski definition) is 2. The first kappa shape index (κ1) is 15.5. The minimum Gasteiger partial charge on any atom is -0.465 e. The summed E-state index contributed by atoms with van der Waals surface area (Å²) in [5.74, 6) is 0.737. The number of nitrogens with one attached hydrogen (secondary N) is 1. The molecule has 114 valence electrons. The molecule has 7 heteroatoms. The molecule has 1 aromatic rings. The molecule has 0 radical (unpaired) electrons. The summed E-state index contributed by atoms with van der Waals surface area (Å²) in [6, 6.07) is 0. The average Bonchev–Trinajstić information content (AvgIpc) is 2.96. The molecule has 0 bridgehead atoms.